The second-order valence-electron chi connectivity index (χ2n) is 0.776. The molecule has 0 amide bonds. The second kappa shape index (κ2) is 2.25. The van der Waals surface area contributed by atoms with Crippen LogP contribution in [0.1, 0.15) is 0 Å². The number of halogens is 1. The highest BCUT2D eigenvalue weighted by Gasteiger charge is 2.20. The lowest BCUT2D eigenvalue weighted by molar-refractivity contribution is -0.306. The van der Waals surface area contributed by atoms with Gasteiger partial charge in [-0.1, -0.05) is 4.24 Å². The van der Waals surface area contributed by atoms with Crippen molar-refractivity contribution in [3.8, 4) is 0 Å². The maximum absolute atomic E-state index is 9.76. The zero-order valence-corrected chi connectivity index (χ0v) is 4.94. The molecule has 1 N–H and O–H groups in total. The smallest absolute Gasteiger partial charge is 0.246 e. The van der Waals surface area contributed by atoms with Crippen LogP contribution in [0.2, 0.25) is 0 Å². The zero-order valence-electron chi connectivity index (χ0n) is 3.37. The van der Waals surface area contributed by atoms with Crippen molar-refractivity contribution in [2.75, 3.05) is 0 Å². The first-order valence-electron chi connectivity index (χ1n) is 1.27. The summed E-state index contributed by atoms with van der Waals surface area (Å²) in [5.41, 5.74) is 0. The van der Waals surface area contributed by atoms with Crippen molar-refractivity contribution in [2.24, 2.45) is 0 Å². The van der Waals surface area contributed by atoms with Crippen LogP contribution in [0.4, 0.5) is 0 Å². The molecule has 0 fully saturated rings. The Morgan fingerprint density at radius 2 is 2.00 bits per heavy atom. The van der Waals surface area contributed by atoms with Gasteiger partial charge in [-0.25, -0.2) is 10.1 Å². The highest BCUT2D eigenvalue weighted by Crippen LogP contribution is 1.83. The minimum Gasteiger partial charge on any atom is -0.246 e. The second-order valence-corrected chi connectivity index (χ2v) is 2.64. The van der Waals surface area contributed by atoms with Crippen LogP contribution in [0.5, 0.6) is 0 Å². The molecule has 0 spiro atoms. The molecule has 0 heterocycles. The summed E-state index contributed by atoms with van der Waals surface area (Å²) in [5, 5.41) is 9.32. The third-order valence-electron chi connectivity index (χ3n) is 0.294. The Morgan fingerprint density at radius 1 is 1.62 bits per heavy atom. The van der Waals surface area contributed by atoms with Crippen LogP contribution in [0, 0.1) is 10.1 Å². The molecule has 6 nitrogen and oxygen atoms in total. The average Bonchev–Trinajstić information content (AvgIpc) is 1.67. The molecule has 0 saturated carbocycles. The van der Waals surface area contributed by atoms with E-state index in [1.165, 1.54) is 0 Å². The van der Waals surface area contributed by atoms with Gasteiger partial charge in [-0.05, 0) is 11.8 Å². The molecule has 0 aromatic carbocycles. The van der Waals surface area contributed by atoms with Crippen LogP contribution in [0.3, 0.4) is 0 Å². The standard InChI is InChI=1S/ClHN2O4S/c1-2-8(6,7)3(4)5/h2H. The summed E-state index contributed by atoms with van der Waals surface area (Å²) in [4.78, 5) is 9.32. The maximum Gasteiger partial charge on any atom is 0.509 e. The molecule has 48 valence electrons. The summed E-state index contributed by atoms with van der Waals surface area (Å²) < 4.78 is 19.0. The van der Waals surface area contributed by atoms with Crippen molar-refractivity contribution >= 4 is 22.0 Å². The molecule has 0 aromatic heterocycles. The summed E-state index contributed by atoms with van der Waals surface area (Å²) in [5.74, 6) is 0. The first-order chi connectivity index (χ1) is 3.50. The number of rotatable bonds is 2. The Bertz CT molecular complexity index is 180. The summed E-state index contributed by atoms with van der Waals surface area (Å²) in [6, 6.07) is 0. The Morgan fingerprint density at radius 3 is 2.00 bits per heavy atom. The SMILES string of the molecule is O=[N+]([O-])S(=O)(=O)NCl. The number of nitrogens with one attached hydrogen (secondary N) is 1. The van der Waals surface area contributed by atoms with Gasteiger partial charge in [0.1, 0.15) is 0 Å². The lowest BCUT2D eigenvalue weighted by Crippen LogP contribution is -2.22. The normalized spacial score (nSPS) is 11.1. The van der Waals surface area contributed by atoms with Crippen LogP contribution >= 0.6 is 11.8 Å². The Labute approximate surface area is 49.9 Å². The molecule has 0 unspecified atom stereocenters. The van der Waals surface area contributed by atoms with Crippen molar-refractivity contribution in [3.63, 3.8) is 0 Å². The third-order valence-corrected chi connectivity index (χ3v) is 1.47. The lowest BCUT2D eigenvalue weighted by Gasteiger charge is -1.84. The fourth-order valence-corrected chi connectivity index (χ4v) is 0.254. The van der Waals surface area contributed by atoms with Gasteiger partial charge in [0.25, 0.3) is 0 Å². The first-order valence-corrected chi connectivity index (χ1v) is 3.09. The molecule has 0 aliphatic carbocycles. The molecule has 0 saturated heterocycles. The van der Waals surface area contributed by atoms with E-state index in [0.717, 1.165) is 4.24 Å². The molecule has 0 aromatic rings. The van der Waals surface area contributed by atoms with Crippen LogP contribution in [0.25, 0.3) is 0 Å². The van der Waals surface area contributed by atoms with Gasteiger partial charge in [0, 0.05) is 0 Å². The molecule has 0 bridgehead atoms. The van der Waals surface area contributed by atoms with Gasteiger partial charge in [0.05, 0.1) is 0 Å². The van der Waals surface area contributed by atoms with E-state index in [1.807, 2.05) is 0 Å². The van der Waals surface area contributed by atoms with Gasteiger partial charge in [-0.2, -0.15) is 0 Å². The minimum absolute atomic E-state index is 0.986. The fraction of sp³-hybridized carbons (Fsp3) is 0. The third kappa shape index (κ3) is 1.60. The van der Waals surface area contributed by atoms with Gasteiger partial charge in [0.15, 0.2) is 4.33 Å². The van der Waals surface area contributed by atoms with Gasteiger partial charge >= 0.3 is 10.2 Å². The molecular weight excluding hydrogens is 160 g/mol. The van der Waals surface area contributed by atoms with Crippen LogP contribution in [-0.4, -0.2) is 12.7 Å². The average molecular weight is 161 g/mol. The highest BCUT2D eigenvalue weighted by atomic mass is 35.5. The van der Waals surface area contributed by atoms with Crippen molar-refractivity contribution in [1.82, 2.24) is 4.24 Å². The number of hydrogen-bond donors (Lipinski definition) is 1. The number of nitrogens with zero attached hydrogens (tertiary/aromatic N) is 1. The maximum atomic E-state index is 9.76. The summed E-state index contributed by atoms with van der Waals surface area (Å²) in [6.45, 7) is 0. The molecule has 8 heavy (non-hydrogen) atoms. The van der Waals surface area contributed by atoms with Gasteiger partial charge in [-0.15, -0.1) is 8.42 Å². The first kappa shape index (κ1) is 7.60. The van der Waals surface area contributed by atoms with E-state index in [2.05, 4.69) is 11.8 Å². The van der Waals surface area contributed by atoms with E-state index in [9.17, 15) is 18.5 Å². The van der Waals surface area contributed by atoms with Gasteiger partial charge in [0.2, 0.25) is 0 Å². The zero-order chi connectivity index (χ0) is 6.78. The molecular formula is HClN2O4S. The quantitative estimate of drug-likeness (QED) is 0.327. The van der Waals surface area contributed by atoms with Crippen LogP contribution in [-0.2, 0) is 10.2 Å². The van der Waals surface area contributed by atoms with Gasteiger partial charge in [-0.3, -0.25) is 0 Å². The van der Waals surface area contributed by atoms with E-state index in [4.69, 9.17) is 0 Å². The van der Waals surface area contributed by atoms with Crippen molar-refractivity contribution in [1.29, 1.82) is 0 Å². The fourth-order valence-electron chi connectivity index (χ4n) is 0.0282. The monoisotopic (exact) mass is 160 g/mol. The van der Waals surface area contributed by atoms with E-state index in [-0.39, 0.29) is 0 Å². The molecule has 0 atom stereocenters. The Balaban J connectivity index is 4.42. The summed E-state index contributed by atoms with van der Waals surface area (Å²) in [7, 11) is -4.50. The van der Waals surface area contributed by atoms with E-state index in [1.54, 1.807) is 0 Å². The predicted molar refractivity (Wildman–Crippen MR) is 24.9 cm³/mol. The Kier molecular flexibility index (Phi) is 2.13. The van der Waals surface area contributed by atoms with Crippen molar-refractivity contribution in [2.45, 2.75) is 0 Å². The largest absolute Gasteiger partial charge is 0.509 e. The molecule has 0 radical (unpaired) electrons. The summed E-state index contributed by atoms with van der Waals surface area (Å²) in [6.07, 6.45) is 0. The van der Waals surface area contributed by atoms with E-state index < -0.39 is 14.5 Å². The molecule has 0 aliphatic heterocycles. The minimum atomic E-state index is -4.50. The number of nitro groups is 1. The predicted octanol–water partition coefficient (Wildman–Crippen LogP) is -0.749. The lowest BCUT2D eigenvalue weighted by atomic mass is 13.4. The molecule has 0 aliphatic rings. The topological polar surface area (TPSA) is 89.3 Å². The van der Waals surface area contributed by atoms with E-state index >= 15 is 0 Å². The molecule has 0 rings (SSSR count). The summed E-state index contributed by atoms with van der Waals surface area (Å²) >= 11 is 4.41. The Hall–Kier alpha value is -0.400. The van der Waals surface area contributed by atoms with Crippen LogP contribution < -0.4 is 4.24 Å². The van der Waals surface area contributed by atoms with Gasteiger partial charge < -0.3 is 0 Å². The van der Waals surface area contributed by atoms with Crippen LogP contribution in [0.15, 0.2) is 0 Å². The number of hydrogen-bond acceptors (Lipinski definition) is 4. The highest BCUT2D eigenvalue weighted by molar-refractivity contribution is 7.84. The van der Waals surface area contributed by atoms with Crippen molar-refractivity contribution in [3.05, 3.63) is 10.1 Å². The van der Waals surface area contributed by atoms with Crippen molar-refractivity contribution < 1.29 is 12.7 Å². The van der Waals surface area contributed by atoms with E-state index in [0.29, 0.717) is 0 Å². The molecule has 8 heteroatoms.